The van der Waals surface area contributed by atoms with Crippen LogP contribution in [-0.2, 0) is 0 Å². The van der Waals surface area contributed by atoms with Gasteiger partial charge in [0.2, 0.25) is 0 Å². The van der Waals surface area contributed by atoms with Gasteiger partial charge in [-0.15, -0.1) is 0 Å². The summed E-state index contributed by atoms with van der Waals surface area (Å²) in [5, 5.41) is 3.25. The van der Waals surface area contributed by atoms with Gasteiger partial charge in [0.05, 0.1) is 0 Å². The fourth-order valence-corrected chi connectivity index (χ4v) is 2.41. The van der Waals surface area contributed by atoms with E-state index in [1.807, 2.05) is 0 Å². The Morgan fingerprint density at radius 2 is 2.28 bits per heavy atom. The minimum atomic E-state index is 0.509. The maximum Gasteiger partial charge on any atom is 0.157 e. The normalized spacial score (nSPS) is 19.9. The van der Waals surface area contributed by atoms with Gasteiger partial charge in [-0.1, -0.05) is 6.92 Å². The molecule has 2 heterocycles. The van der Waals surface area contributed by atoms with E-state index in [4.69, 9.17) is 5.73 Å². The monoisotopic (exact) mass is 249 g/mol. The van der Waals surface area contributed by atoms with E-state index in [9.17, 15) is 0 Å². The Labute approximate surface area is 109 Å². The number of hydrogen-bond donors (Lipinski definition) is 2. The first kappa shape index (κ1) is 12.9. The van der Waals surface area contributed by atoms with Gasteiger partial charge in [-0.2, -0.15) is 0 Å². The molecule has 18 heavy (non-hydrogen) atoms. The van der Waals surface area contributed by atoms with Crippen LogP contribution in [0.4, 0.5) is 17.3 Å². The van der Waals surface area contributed by atoms with Crippen molar-refractivity contribution in [3.05, 3.63) is 6.33 Å². The first-order valence-corrected chi connectivity index (χ1v) is 6.85. The van der Waals surface area contributed by atoms with Crippen molar-refractivity contribution in [3.8, 4) is 0 Å². The molecule has 0 aromatic carbocycles. The summed E-state index contributed by atoms with van der Waals surface area (Å²) in [4.78, 5) is 10.9. The second-order valence-electron chi connectivity index (χ2n) is 4.92. The first-order valence-electron chi connectivity index (χ1n) is 6.85. The summed E-state index contributed by atoms with van der Waals surface area (Å²) in [6.07, 6.45) is 6.38. The zero-order valence-corrected chi connectivity index (χ0v) is 11.3. The van der Waals surface area contributed by atoms with Gasteiger partial charge in [0, 0.05) is 19.1 Å². The standard InChI is InChI=1S/C13H23N5/c1-3-7-15-12-11(14)13(17-9-16-12)18-8-5-4-6-10(18)2/h9-10H,3-8,14H2,1-2H3,(H,15,16,17). The molecule has 0 spiro atoms. The highest BCUT2D eigenvalue weighted by Gasteiger charge is 2.22. The molecule has 0 aliphatic carbocycles. The predicted octanol–water partition coefficient (Wildman–Crippen LogP) is 2.26. The topological polar surface area (TPSA) is 67.1 Å². The van der Waals surface area contributed by atoms with Crippen LogP contribution in [-0.4, -0.2) is 29.1 Å². The number of piperidine rings is 1. The van der Waals surface area contributed by atoms with E-state index in [1.165, 1.54) is 19.3 Å². The lowest BCUT2D eigenvalue weighted by atomic mass is 10.0. The third kappa shape index (κ3) is 2.66. The lowest BCUT2D eigenvalue weighted by molar-refractivity contribution is 0.481. The van der Waals surface area contributed by atoms with Crippen molar-refractivity contribution in [3.63, 3.8) is 0 Å². The number of aromatic nitrogens is 2. The van der Waals surface area contributed by atoms with E-state index >= 15 is 0 Å². The molecule has 0 radical (unpaired) electrons. The van der Waals surface area contributed by atoms with Crippen molar-refractivity contribution in [2.75, 3.05) is 29.0 Å². The van der Waals surface area contributed by atoms with E-state index in [0.717, 1.165) is 31.1 Å². The molecule has 5 nitrogen and oxygen atoms in total. The number of nitrogens with zero attached hydrogens (tertiary/aromatic N) is 3. The summed E-state index contributed by atoms with van der Waals surface area (Å²) in [5.41, 5.74) is 6.87. The second-order valence-corrected chi connectivity index (χ2v) is 4.92. The van der Waals surface area contributed by atoms with E-state index in [0.29, 0.717) is 11.7 Å². The van der Waals surface area contributed by atoms with Crippen LogP contribution >= 0.6 is 0 Å². The Bertz CT molecular complexity index is 393. The van der Waals surface area contributed by atoms with Crippen molar-refractivity contribution in [2.45, 2.75) is 45.6 Å². The van der Waals surface area contributed by atoms with Crippen LogP contribution in [0, 0.1) is 0 Å². The summed E-state index contributed by atoms with van der Waals surface area (Å²) in [6.45, 7) is 6.28. The van der Waals surface area contributed by atoms with Gasteiger partial charge < -0.3 is 16.0 Å². The average Bonchev–Trinajstić information content (AvgIpc) is 2.39. The Morgan fingerprint density at radius 1 is 1.44 bits per heavy atom. The van der Waals surface area contributed by atoms with Gasteiger partial charge in [0.15, 0.2) is 11.6 Å². The van der Waals surface area contributed by atoms with Gasteiger partial charge >= 0.3 is 0 Å². The maximum absolute atomic E-state index is 6.19. The van der Waals surface area contributed by atoms with E-state index in [1.54, 1.807) is 6.33 Å². The quantitative estimate of drug-likeness (QED) is 0.856. The molecule has 1 fully saturated rings. The zero-order valence-electron chi connectivity index (χ0n) is 11.3. The molecule has 2 rings (SSSR count). The van der Waals surface area contributed by atoms with Crippen molar-refractivity contribution in [2.24, 2.45) is 0 Å². The minimum Gasteiger partial charge on any atom is -0.393 e. The first-order chi connectivity index (χ1) is 8.74. The highest BCUT2D eigenvalue weighted by atomic mass is 15.2. The van der Waals surface area contributed by atoms with Gasteiger partial charge in [0.25, 0.3) is 0 Å². The largest absolute Gasteiger partial charge is 0.393 e. The fraction of sp³-hybridized carbons (Fsp3) is 0.692. The molecule has 1 aliphatic rings. The molecule has 1 unspecified atom stereocenters. The van der Waals surface area contributed by atoms with Crippen LogP contribution in [0.3, 0.4) is 0 Å². The van der Waals surface area contributed by atoms with Gasteiger partial charge in [-0.05, 0) is 32.6 Å². The van der Waals surface area contributed by atoms with Crippen LogP contribution in [0.25, 0.3) is 0 Å². The van der Waals surface area contributed by atoms with Crippen molar-refractivity contribution < 1.29 is 0 Å². The molecule has 1 aromatic rings. The lowest BCUT2D eigenvalue weighted by Crippen LogP contribution is -2.38. The predicted molar refractivity (Wildman–Crippen MR) is 75.9 cm³/mol. The second kappa shape index (κ2) is 5.89. The van der Waals surface area contributed by atoms with Gasteiger partial charge in [-0.3, -0.25) is 0 Å². The van der Waals surface area contributed by atoms with E-state index < -0.39 is 0 Å². The average molecular weight is 249 g/mol. The van der Waals surface area contributed by atoms with Crippen LogP contribution in [0.1, 0.15) is 39.5 Å². The summed E-state index contributed by atoms with van der Waals surface area (Å²) in [5.74, 6) is 1.65. The van der Waals surface area contributed by atoms with Crippen LogP contribution in [0.2, 0.25) is 0 Å². The van der Waals surface area contributed by atoms with Gasteiger partial charge in [-0.25, -0.2) is 9.97 Å². The summed E-state index contributed by atoms with van der Waals surface area (Å²) in [6, 6.07) is 0.509. The third-order valence-electron chi connectivity index (χ3n) is 3.48. The summed E-state index contributed by atoms with van der Waals surface area (Å²) in [7, 11) is 0. The SMILES string of the molecule is CCCNc1ncnc(N2CCCCC2C)c1N. The fourth-order valence-electron chi connectivity index (χ4n) is 2.41. The third-order valence-corrected chi connectivity index (χ3v) is 3.48. The molecule has 1 saturated heterocycles. The number of nitrogens with one attached hydrogen (secondary N) is 1. The lowest BCUT2D eigenvalue weighted by Gasteiger charge is -2.35. The molecule has 0 amide bonds. The molecule has 100 valence electrons. The molecular formula is C13H23N5. The number of anilines is 3. The van der Waals surface area contributed by atoms with E-state index in [-0.39, 0.29) is 0 Å². The van der Waals surface area contributed by atoms with Crippen LogP contribution in [0.5, 0.6) is 0 Å². The van der Waals surface area contributed by atoms with Crippen LogP contribution < -0.4 is 16.0 Å². The molecule has 1 aromatic heterocycles. The Morgan fingerprint density at radius 3 is 3.00 bits per heavy atom. The zero-order chi connectivity index (χ0) is 13.0. The summed E-state index contributed by atoms with van der Waals surface area (Å²) >= 11 is 0. The Kier molecular flexibility index (Phi) is 4.23. The molecular weight excluding hydrogens is 226 g/mol. The number of nitrogen functional groups attached to an aromatic ring is 1. The van der Waals surface area contributed by atoms with Crippen molar-refractivity contribution >= 4 is 17.3 Å². The van der Waals surface area contributed by atoms with E-state index in [2.05, 4.69) is 34.0 Å². The number of rotatable bonds is 4. The van der Waals surface area contributed by atoms with Gasteiger partial charge in [0.1, 0.15) is 12.0 Å². The van der Waals surface area contributed by atoms with Crippen molar-refractivity contribution in [1.82, 2.24) is 9.97 Å². The molecule has 1 atom stereocenters. The summed E-state index contributed by atoms with van der Waals surface area (Å²) < 4.78 is 0. The highest BCUT2D eigenvalue weighted by molar-refractivity contribution is 5.75. The highest BCUT2D eigenvalue weighted by Crippen LogP contribution is 2.30. The molecule has 0 bridgehead atoms. The van der Waals surface area contributed by atoms with Crippen LogP contribution in [0.15, 0.2) is 6.33 Å². The maximum atomic E-state index is 6.19. The number of nitrogens with two attached hydrogens (primary N) is 1. The molecule has 1 aliphatic heterocycles. The minimum absolute atomic E-state index is 0.509. The Hall–Kier alpha value is -1.52. The van der Waals surface area contributed by atoms with Crippen molar-refractivity contribution in [1.29, 1.82) is 0 Å². The molecule has 3 N–H and O–H groups in total. The smallest absolute Gasteiger partial charge is 0.157 e. The number of hydrogen-bond acceptors (Lipinski definition) is 5. The Balaban J connectivity index is 2.21. The molecule has 0 saturated carbocycles. The molecule has 5 heteroatoms.